The van der Waals surface area contributed by atoms with Crippen molar-refractivity contribution in [3.05, 3.63) is 18.1 Å². The van der Waals surface area contributed by atoms with E-state index in [1.54, 1.807) is 0 Å². The Hall–Kier alpha value is -1.69. The summed E-state index contributed by atoms with van der Waals surface area (Å²) in [5, 5.41) is 0. The molecular weight excluding hydrogens is 242 g/mol. The molecule has 0 aliphatic carbocycles. The van der Waals surface area contributed by atoms with Crippen LogP contribution in [0.4, 0.5) is 5.82 Å². The maximum atomic E-state index is 12.3. The number of hydrogen-bond acceptors (Lipinski definition) is 5. The molecule has 102 valence electrons. The lowest BCUT2D eigenvalue weighted by molar-refractivity contribution is 0.0368. The molecule has 1 amide bonds. The summed E-state index contributed by atoms with van der Waals surface area (Å²) >= 11 is 0. The van der Waals surface area contributed by atoms with Crippen molar-refractivity contribution in [3.63, 3.8) is 0 Å². The Morgan fingerprint density at radius 2 is 2.11 bits per heavy atom. The van der Waals surface area contributed by atoms with Crippen molar-refractivity contribution in [2.75, 3.05) is 31.9 Å². The molecule has 1 atom stereocenters. The number of aromatic nitrogens is 2. The van der Waals surface area contributed by atoms with Crippen molar-refractivity contribution < 1.29 is 4.79 Å². The smallest absolute Gasteiger partial charge is 0.274 e. The molecule has 2 N–H and O–H groups in total. The number of piperidine rings is 1. The molecule has 2 fully saturated rings. The van der Waals surface area contributed by atoms with Crippen LogP contribution in [0.15, 0.2) is 12.4 Å². The minimum atomic E-state index is -0.0299. The molecule has 0 spiro atoms. The van der Waals surface area contributed by atoms with Crippen LogP contribution in [-0.2, 0) is 0 Å². The van der Waals surface area contributed by atoms with Gasteiger partial charge in [0.1, 0.15) is 11.5 Å². The van der Waals surface area contributed by atoms with Gasteiger partial charge in [0.05, 0.1) is 12.4 Å². The van der Waals surface area contributed by atoms with Crippen LogP contribution in [0.5, 0.6) is 0 Å². The lowest BCUT2D eigenvalue weighted by Crippen LogP contribution is -2.56. The second-order valence-electron chi connectivity index (χ2n) is 5.26. The zero-order valence-corrected chi connectivity index (χ0v) is 11.0. The number of fused-ring (bicyclic) bond motifs is 1. The largest absolute Gasteiger partial charge is 0.382 e. The second kappa shape index (κ2) is 5.13. The van der Waals surface area contributed by atoms with Crippen molar-refractivity contribution >= 4 is 11.7 Å². The number of rotatable bonds is 1. The summed E-state index contributed by atoms with van der Waals surface area (Å²) in [5.41, 5.74) is 5.87. The van der Waals surface area contributed by atoms with Crippen molar-refractivity contribution in [2.45, 2.75) is 25.3 Å². The third-order valence-electron chi connectivity index (χ3n) is 4.02. The number of nitrogens with zero attached hydrogens (tertiary/aromatic N) is 4. The molecule has 0 saturated carbocycles. The van der Waals surface area contributed by atoms with Crippen LogP contribution < -0.4 is 5.73 Å². The number of hydrogen-bond donors (Lipinski definition) is 1. The Kier molecular flexibility index (Phi) is 3.33. The van der Waals surface area contributed by atoms with E-state index in [0.29, 0.717) is 17.6 Å². The fraction of sp³-hybridized carbons (Fsp3) is 0.615. The van der Waals surface area contributed by atoms with Gasteiger partial charge in [0.15, 0.2) is 0 Å². The van der Waals surface area contributed by atoms with E-state index < -0.39 is 0 Å². The summed E-state index contributed by atoms with van der Waals surface area (Å²) in [6, 6.07) is 0.521. The van der Waals surface area contributed by atoms with E-state index >= 15 is 0 Å². The molecule has 1 aromatic rings. The van der Waals surface area contributed by atoms with E-state index in [4.69, 9.17) is 5.73 Å². The zero-order chi connectivity index (χ0) is 13.2. The van der Waals surface area contributed by atoms with Gasteiger partial charge in [0.2, 0.25) is 0 Å². The average molecular weight is 261 g/mol. The molecule has 2 aliphatic rings. The normalized spacial score (nSPS) is 24.0. The predicted molar refractivity (Wildman–Crippen MR) is 71.6 cm³/mol. The van der Waals surface area contributed by atoms with Crippen molar-refractivity contribution in [1.82, 2.24) is 19.8 Å². The topological polar surface area (TPSA) is 75.3 Å². The molecule has 0 bridgehead atoms. The van der Waals surface area contributed by atoms with Gasteiger partial charge in [0.25, 0.3) is 5.91 Å². The number of nitrogens with two attached hydrogens (primary N) is 1. The standard InChI is InChI=1S/C13H19N5O/c14-12-8-15-11(7-16-12)13(19)18-6-5-17-4-2-1-3-10(17)9-18/h7-8,10H,1-6,9H2,(H2,14,16). The van der Waals surface area contributed by atoms with Gasteiger partial charge in [-0.25, -0.2) is 9.97 Å². The van der Waals surface area contributed by atoms with Crippen LogP contribution in [0, 0.1) is 0 Å². The molecule has 2 aliphatic heterocycles. The first-order chi connectivity index (χ1) is 9.24. The number of anilines is 1. The van der Waals surface area contributed by atoms with Gasteiger partial charge < -0.3 is 10.6 Å². The van der Waals surface area contributed by atoms with Gasteiger partial charge >= 0.3 is 0 Å². The highest BCUT2D eigenvalue weighted by Crippen LogP contribution is 2.21. The first-order valence-electron chi connectivity index (χ1n) is 6.85. The molecule has 0 aromatic carbocycles. The number of nitrogen functional groups attached to an aromatic ring is 1. The molecule has 2 saturated heterocycles. The third-order valence-corrected chi connectivity index (χ3v) is 4.02. The van der Waals surface area contributed by atoms with E-state index in [-0.39, 0.29) is 5.91 Å². The lowest BCUT2D eigenvalue weighted by atomic mass is 9.99. The summed E-state index contributed by atoms with van der Waals surface area (Å²) < 4.78 is 0. The van der Waals surface area contributed by atoms with E-state index in [1.807, 2.05) is 4.90 Å². The van der Waals surface area contributed by atoms with E-state index in [2.05, 4.69) is 14.9 Å². The predicted octanol–water partition coefficient (Wildman–Crippen LogP) is 0.369. The molecular formula is C13H19N5O. The Bertz CT molecular complexity index is 461. The molecule has 3 heterocycles. The van der Waals surface area contributed by atoms with Crippen LogP contribution in [0.2, 0.25) is 0 Å². The number of carbonyl (C=O) groups excluding carboxylic acids is 1. The van der Waals surface area contributed by atoms with Crippen LogP contribution in [-0.4, -0.2) is 57.9 Å². The number of amides is 1. The van der Waals surface area contributed by atoms with Gasteiger partial charge in [-0.05, 0) is 19.4 Å². The van der Waals surface area contributed by atoms with E-state index in [0.717, 1.165) is 19.6 Å². The fourth-order valence-corrected chi connectivity index (χ4v) is 2.95. The summed E-state index contributed by atoms with van der Waals surface area (Å²) in [6.45, 7) is 3.74. The molecule has 0 radical (unpaired) electrons. The summed E-state index contributed by atoms with van der Waals surface area (Å²) in [4.78, 5) is 24.7. The summed E-state index contributed by atoms with van der Waals surface area (Å²) in [6.07, 6.45) is 6.64. The Morgan fingerprint density at radius 3 is 2.89 bits per heavy atom. The highest BCUT2D eigenvalue weighted by molar-refractivity contribution is 5.92. The Morgan fingerprint density at radius 1 is 1.21 bits per heavy atom. The quantitative estimate of drug-likeness (QED) is 0.790. The van der Waals surface area contributed by atoms with Gasteiger partial charge in [-0.15, -0.1) is 0 Å². The van der Waals surface area contributed by atoms with Gasteiger partial charge in [-0.3, -0.25) is 9.69 Å². The van der Waals surface area contributed by atoms with Crippen LogP contribution in [0.3, 0.4) is 0 Å². The van der Waals surface area contributed by atoms with Crippen molar-refractivity contribution in [1.29, 1.82) is 0 Å². The summed E-state index contributed by atoms with van der Waals surface area (Å²) in [5.74, 6) is 0.311. The van der Waals surface area contributed by atoms with E-state index in [9.17, 15) is 4.79 Å². The minimum absolute atomic E-state index is 0.0299. The molecule has 1 unspecified atom stereocenters. The lowest BCUT2D eigenvalue weighted by Gasteiger charge is -2.43. The number of carbonyl (C=O) groups is 1. The van der Waals surface area contributed by atoms with Crippen molar-refractivity contribution in [3.8, 4) is 0 Å². The Balaban J connectivity index is 1.69. The van der Waals surface area contributed by atoms with Gasteiger partial charge in [-0.1, -0.05) is 6.42 Å². The third kappa shape index (κ3) is 2.53. The van der Waals surface area contributed by atoms with Gasteiger partial charge in [0, 0.05) is 25.7 Å². The maximum absolute atomic E-state index is 12.3. The van der Waals surface area contributed by atoms with Crippen molar-refractivity contribution in [2.24, 2.45) is 0 Å². The number of piperazine rings is 1. The maximum Gasteiger partial charge on any atom is 0.274 e. The minimum Gasteiger partial charge on any atom is -0.382 e. The molecule has 1 aromatic heterocycles. The monoisotopic (exact) mass is 261 g/mol. The van der Waals surface area contributed by atoms with Crippen LogP contribution in [0.1, 0.15) is 29.8 Å². The highest BCUT2D eigenvalue weighted by Gasteiger charge is 2.31. The second-order valence-corrected chi connectivity index (χ2v) is 5.26. The molecule has 6 heteroatoms. The zero-order valence-electron chi connectivity index (χ0n) is 11.0. The van der Waals surface area contributed by atoms with Crippen LogP contribution >= 0.6 is 0 Å². The SMILES string of the molecule is Nc1cnc(C(=O)N2CCN3CCCCC3C2)cn1. The first kappa shape index (κ1) is 12.3. The fourth-order valence-electron chi connectivity index (χ4n) is 2.95. The average Bonchev–Trinajstić information content (AvgIpc) is 2.47. The van der Waals surface area contributed by atoms with E-state index in [1.165, 1.54) is 38.2 Å². The summed E-state index contributed by atoms with van der Waals surface area (Å²) in [7, 11) is 0. The van der Waals surface area contributed by atoms with Gasteiger partial charge in [-0.2, -0.15) is 0 Å². The Labute approximate surface area is 112 Å². The van der Waals surface area contributed by atoms with Crippen LogP contribution in [0.25, 0.3) is 0 Å². The highest BCUT2D eigenvalue weighted by atomic mass is 16.2. The molecule has 19 heavy (non-hydrogen) atoms. The molecule has 3 rings (SSSR count). The molecule has 6 nitrogen and oxygen atoms in total. The first-order valence-corrected chi connectivity index (χ1v) is 6.85.